The highest BCUT2D eigenvalue weighted by Gasteiger charge is 2.06. The van der Waals surface area contributed by atoms with Crippen LogP contribution in [-0.4, -0.2) is 13.2 Å². The van der Waals surface area contributed by atoms with Gasteiger partial charge in [-0.05, 0) is 24.6 Å². The summed E-state index contributed by atoms with van der Waals surface area (Å²) in [6.45, 7) is 2.57. The largest absolute Gasteiger partial charge is 0.322 e. The maximum atomic E-state index is 12.6. The van der Waals surface area contributed by atoms with Crippen molar-refractivity contribution < 1.29 is 14.2 Å². The predicted octanol–water partition coefficient (Wildman–Crippen LogP) is 1.79. The van der Waals surface area contributed by atoms with Crippen molar-refractivity contribution in [1.29, 1.82) is 0 Å². The summed E-state index contributed by atoms with van der Waals surface area (Å²) in [5.74, 6) is -0.272. The van der Waals surface area contributed by atoms with E-state index in [1.54, 1.807) is 12.1 Å². The number of benzene rings is 1. The second-order valence-corrected chi connectivity index (χ2v) is 2.85. The number of hydrogen-bond donors (Lipinski definition) is 1. The van der Waals surface area contributed by atoms with Gasteiger partial charge in [0.05, 0.1) is 12.6 Å². The first-order valence-electron chi connectivity index (χ1n) is 4.49. The summed E-state index contributed by atoms with van der Waals surface area (Å²) in [6.07, 6.45) is 0. The van der Waals surface area contributed by atoms with Crippen LogP contribution in [0.1, 0.15) is 18.5 Å². The molecule has 78 valence electrons. The lowest BCUT2D eigenvalue weighted by Crippen LogP contribution is -2.17. The Hall–Kier alpha value is -0.970. The van der Waals surface area contributed by atoms with Crippen LogP contribution in [0.25, 0.3) is 0 Å². The second-order valence-electron chi connectivity index (χ2n) is 2.85. The first kappa shape index (κ1) is 11.1. The molecule has 2 N–H and O–H groups in total. The Morgan fingerprint density at radius 1 is 1.29 bits per heavy atom. The lowest BCUT2D eigenvalue weighted by molar-refractivity contribution is -0.293. The van der Waals surface area contributed by atoms with E-state index in [0.29, 0.717) is 6.61 Å². The monoisotopic (exact) mass is 199 g/mol. The molecule has 0 spiro atoms. The lowest BCUT2D eigenvalue weighted by atomic mass is 10.1. The molecule has 3 nitrogen and oxygen atoms in total. The molecule has 0 aliphatic carbocycles. The molecule has 0 saturated carbocycles. The van der Waals surface area contributed by atoms with E-state index in [1.165, 1.54) is 12.1 Å². The van der Waals surface area contributed by atoms with Crippen LogP contribution < -0.4 is 5.73 Å². The van der Waals surface area contributed by atoms with Crippen LogP contribution in [0.5, 0.6) is 0 Å². The molecule has 1 atom stereocenters. The number of rotatable bonds is 5. The maximum absolute atomic E-state index is 12.6. The first-order chi connectivity index (χ1) is 6.74. The molecule has 0 radical (unpaired) electrons. The van der Waals surface area contributed by atoms with Gasteiger partial charge < -0.3 is 5.73 Å². The highest BCUT2D eigenvalue weighted by Crippen LogP contribution is 2.11. The molecule has 0 aromatic heterocycles. The summed E-state index contributed by atoms with van der Waals surface area (Å²) in [5, 5.41) is 0. The minimum Gasteiger partial charge on any atom is -0.322 e. The van der Waals surface area contributed by atoms with Crippen molar-refractivity contribution in [2.45, 2.75) is 13.0 Å². The fraction of sp³-hybridized carbons (Fsp3) is 0.400. The van der Waals surface area contributed by atoms with Crippen LogP contribution >= 0.6 is 0 Å². The number of hydrogen-bond acceptors (Lipinski definition) is 3. The summed E-state index contributed by atoms with van der Waals surface area (Å²) in [6, 6.07) is 5.72. The highest BCUT2D eigenvalue weighted by molar-refractivity contribution is 5.19. The van der Waals surface area contributed by atoms with Crippen molar-refractivity contribution >= 4 is 0 Å². The van der Waals surface area contributed by atoms with Crippen molar-refractivity contribution in [3.05, 3.63) is 35.6 Å². The zero-order valence-corrected chi connectivity index (χ0v) is 8.07. The van der Waals surface area contributed by atoms with Gasteiger partial charge in [-0.15, -0.1) is 0 Å². The third-order valence-electron chi connectivity index (χ3n) is 1.75. The third-order valence-corrected chi connectivity index (χ3v) is 1.75. The molecule has 0 fully saturated rings. The van der Waals surface area contributed by atoms with Crippen molar-refractivity contribution in [2.75, 3.05) is 13.2 Å². The van der Waals surface area contributed by atoms with Crippen LogP contribution in [0.3, 0.4) is 0 Å². The van der Waals surface area contributed by atoms with Crippen LogP contribution in [0.2, 0.25) is 0 Å². The Bertz CT molecular complexity index is 263. The number of nitrogens with two attached hydrogens (primary N) is 1. The SMILES string of the molecule is CCOOCC(N)c1ccc(F)cc1. The van der Waals surface area contributed by atoms with Gasteiger partial charge in [0, 0.05) is 0 Å². The van der Waals surface area contributed by atoms with Crippen molar-refractivity contribution in [3.8, 4) is 0 Å². The molecule has 1 aromatic carbocycles. The standard InChI is InChI=1S/C10H14FNO2/c1-2-13-14-7-10(12)8-3-5-9(11)6-4-8/h3-6,10H,2,7,12H2,1H3. The molecular formula is C10H14FNO2. The second kappa shape index (κ2) is 5.70. The molecule has 0 bridgehead atoms. The minimum absolute atomic E-state index is 0.263. The quantitative estimate of drug-likeness (QED) is 0.446. The van der Waals surface area contributed by atoms with Crippen molar-refractivity contribution in [1.82, 2.24) is 0 Å². The molecule has 0 saturated heterocycles. The van der Waals surface area contributed by atoms with Gasteiger partial charge in [-0.2, -0.15) is 0 Å². The van der Waals surface area contributed by atoms with E-state index in [-0.39, 0.29) is 18.5 Å². The lowest BCUT2D eigenvalue weighted by Gasteiger charge is -2.10. The van der Waals surface area contributed by atoms with E-state index < -0.39 is 0 Å². The molecule has 0 aliphatic heterocycles. The summed E-state index contributed by atoms with van der Waals surface area (Å²) in [5.41, 5.74) is 6.58. The predicted molar refractivity (Wildman–Crippen MR) is 50.9 cm³/mol. The molecule has 1 aromatic rings. The molecule has 1 unspecified atom stereocenters. The van der Waals surface area contributed by atoms with Crippen molar-refractivity contribution in [3.63, 3.8) is 0 Å². The van der Waals surface area contributed by atoms with Gasteiger partial charge in [-0.3, -0.25) is 0 Å². The van der Waals surface area contributed by atoms with E-state index in [1.807, 2.05) is 6.92 Å². The zero-order valence-electron chi connectivity index (χ0n) is 8.07. The third kappa shape index (κ3) is 3.41. The highest BCUT2D eigenvalue weighted by atomic mass is 19.1. The first-order valence-corrected chi connectivity index (χ1v) is 4.49. The number of halogens is 1. The summed E-state index contributed by atoms with van der Waals surface area (Å²) in [4.78, 5) is 9.51. The van der Waals surface area contributed by atoms with E-state index in [9.17, 15) is 4.39 Å². The van der Waals surface area contributed by atoms with E-state index in [0.717, 1.165) is 5.56 Å². The van der Waals surface area contributed by atoms with Gasteiger partial charge >= 0.3 is 0 Å². The Balaban J connectivity index is 2.43. The fourth-order valence-electron chi connectivity index (χ4n) is 1.01. The minimum atomic E-state index is -0.290. The Kier molecular flexibility index (Phi) is 4.52. The van der Waals surface area contributed by atoms with Gasteiger partial charge in [0.2, 0.25) is 0 Å². The van der Waals surface area contributed by atoms with Crippen LogP contribution in [0, 0.1) is 5.82 Å². The van der Waals surface area contributed by atoms with E-state index in [4.69, 9.17) is 15.5 Å². The maximum Gasteiger partial charge on any atom is 0.123 e. The van der Waals surface area contributed by atoms with Crippen LogP contribution in [0.4, 0.5) is 4.39 Å². The summed E-state index contributed by atoms with van der Waals surface area (Å²) < 4.78 is 12.6. The average Bonchev–Trinajstić information content (AvgIpc) is 2.19. The normalized spacial score (nSPS) is 12.8. The average molecular weight is 199 g/mol. The van der Waals surface area contributed by atoms with Gasteiger partial charge in [0.15, 0.2) is 0 Å². The van der Waals surface area contributed by atoms with Gasteiger partial charge in [0.1, 0.15) is 12.4 Å². The molecule has 0 heterocycles. The van der Waals surface area contributed by atoms with Crippen LogP contribution in [-0.2, 0) is 9.78 Å². The Labute approximate surface area is 82.6 Å². The molecule has 1 rings (SSSR count). The summed E-state index contributed by atoms with van der Waals surface area (Å²) in [7, 11) is 0. The molecule has 4 heteroatoms. The van der Waals surface area contributed by atoms with Gasteiger partial charge in [-0.25, -0.2) is 14.2 Å². The van der Waals surface area contributed by atoms with E-state index in [2.05, 4.69) is 0 Å². The smallest absolute Gasteiger partial charge is 0.123 e. The molecular weight excluding hydrogens is 185 g/mol. The molecule has 14 heavy (non-hydrogen) atoms. The molecule has 0 aliphatic rings. The molecule has 0 amide bonds. The Morgan fingerprint density at radius 3 is 2.50 bits per heavy atom. The summed E-state index contributed by atoms with van der Waals surface area (Å²) >= 11 is 0. The topological polar surface area (TPSA) is 44.5 Å². The van der Waals surface area contributed by atoms with Crippen molar-refractivity contribution in [2.24, 2.45) is 5.73 Å². The van der Waals surface area contributed by atoms with Gasteiger partial charge in [0.25, 0.3) is 0 Å². The van der Waals surface area contributed by atoms with E-state index >= 15 is 0 Å². The Morgan fingerprint density at radius 2 is 1.93 bits per heavy atom. The zero-order chi connectivity index (χ0) is 10.4. The fourth-order valence-corrected chi connectivity index (χ4v) is 1.01. The van der Waals surface area contributed by atoms with Crippen LogP contribution in [0.15, 0.2) is 24.3 Å². The van der Waals surface area contributed by atoms with Gasteiger partial charge in [-0.1, -0.05) is 12.1 Å².